The summed E-state index contributed by atoms with van der Waals surface area (Å²) >= 11 is 0. The predicted octanol–water partition coefficient (Wildman–Crippen LogP) is 2.70. The zero-order valence-electron chi connectivity index (χ0n) is 10.5. The number of hydrogen-bond donors (Lipinski definition) is 1. The molecule has 3 heteroatoms. The Labute approximate surface area is 100 Å². The van der Waals surface area contributed by atoms with Gasteiger partial charge in [0.15, 0.2) is 0 Å². The molecule has 1 aromatic heterocycles. The summed E-state index contributed by atoms with van der Waals surface area (Å²) in [4.78, 5) is 0. The Morgan fingerprint density at radius 3 is 2.88 bits per heavy atom. The number of rotatable bonds is 0. The van der Waals surface area contributed by atoms with Gasteiger partial charge >= 0.3 is 0 Å². The van der Waals surface area contributed by atoms with Crippen molar-refractivity contribution in [3.63, 3.8) is 0 Å². The minimum absolute atomic E-state index is 0.0438. The minimum atomic E-state index is -0.166. The van der Waals surface area contributed by atoms with E-state index in [0.29, 0.717) is 0 Å². The van der Waals surface area contributed by atoms with E-state index in [0.717, 1.165) is 18.5 Å². The molecule has 0 amide bonds. The SMILES string of the molecule is Cn1c2c(c3ccc(F)cc31)CCNC2(C)C. The molecular weight excluding hydrogens is 215 g/mol. The molecule has 0 spiro atoms. The van der Waals surface area contributed by atoms with Crippen LogP contribution in [0.1, 0.15) is 25.1 Å². The third-order valence-corrected chi connectivity index (χ3v) is 3.80. The number of benzene rings is 1. The normalized spacial score (nSPS) is 18.4. The van der Waals surface area contributed by atoms with E-state index in [1.807, 2.05) is 13.1 Å². The van der Waals surface area contributed by atoms with Gasteiger partial charge in [0.05, 0.1) is 11.1 Å². The molecular formula is C14H17FN2. The number of nitrogens with one attached hydrogen (secondary N) is 1. The Balaban J connectivity index is 2.41. The van der Waals surface area contributed by atoms with Crippen LogP contribution in [0.15, 0.2) is 18.2 Å². The van der Waals surface area contributed by atoms with Crippen LogP contribution >= 0.6 is 0 Å². The van der Waals surface area contributed by atoms with Crippen molar-refractivity contribution in [3.8, 4) is 0 Å². The Bertz CT molecular complexity index is 596. The van der Waals surface area contributed by atoms with Gasteiger partial charge in [0, 0.05) is 24.7 Å². The van der Waals surface area contributed by atoms with Crippen LogP contribution < -0.4 is 5.32 Å². The van der Waals surface area contributed by atoms with Crippen molar-refractivity contribution >= 4 is 10.9 Å². The highest BCUT2D eigenvalue weighted by atomic mass is 19.1. The first kappa shape index (κ1) is 10.8. The molecule has 0 atom stereocenters. The standard InChI is InChI=1S/C14H17FN2/c1-14(2)13-11(6-7-16-14)10-5-4-9(15)8-12(10)17(13)3/h4-5,8,16H,6-7H2,1-3H3. The largest absolute Gasteiger partial charge is 0.346 e. The molecule has 0 radical (unpaired) electrons. The summed E-state index contributed by atoms with van der Waals surface area (Å²) in [5.74, 6) is -0.166. The van der Waals surface area contributed by atoms with Gasteiger partial charge in [0.25, 0.3) is 0 Å². The van der Waals surface area contributed by atoms with Crippen molar-refractivity contribution in [1.29, 1.82) is 0 Å². The van der Waals surface area contributed by atoms with Crippen molar-refractivity contribution in [2.24, 2.45) is 7.05 Å². The van der Waals surface area contributed by atoms with Crippen molar-refractivity contribution in [2.75, 3.05) is 6.54 Å². The first-order valence-corrected chi connectivity index (χ1v) is 6.03. The smallest absolute Gasteiger partial charge is 0.125 e. The maximum atomic E-state index is 13.3. The van der Waals surface area contributed by atoms with E-state index in [9.17, 15) is 4.39 Å². The molecule has 2 nitrogen and oxygen atoms in total. The van der Waals surface area contributed by atoms with Crippen molar-refractivity contribution < 1.29 is 4.39 Å². The quantitative estimate of drug-likeness (QED) is 0.739. The highest BCUT2D eigenvalue weighted by Crippen LogP contribution is 2.35. The monoisotopic (exact) mass is 232 g/mol. The fourth-order valence-corrected chi connectivity index (χ4v) is 3.12. The molecule has 0 fully saturated rings. The van der Waals surface area contributed by atoms with E-state index in [1.165, 1.54) is 16.6 Å². The van der Waals surface area contributed by atoms with Crippen LogP contribution in [0, 0.1) is 5.82 Å². The van der Waals surface area contributed by atoms with Gasteiger partial charge in [0.2, 0.25) is 0 Å². The first-order chi connectivity index (χ1) is 8.00. The molecule has 1 aliphatic rings. The summed E-state index contributed by atoms with van der Waals surface area (Å²) in [5, 5.41) is 4.71. The van der Waals surface area contributed by atoms with Gasteiger partial charge in [-0.1, -0.05) is 0 Å². The van der Waals surface area contributed by atoms with Gasteiger partial charge in [-0.05, 0) is 44.0 Å². The molecule has 2 aromatic rings. The summed E-state index contributed by atoms with van der Waals surface area (Å²) in [6, 6.07) is 5.09. The number of nitrogens with zero attached hydrogens (tertiary/aromatic N) is 1. The molecule has 0 bridgehead atoms. The fraction of sp³-hybridized carbons (Fsp3) is 0.429. The molecule has 3 rings (SSSR count). The van der Waals surface area contributed by atoms with Gasteiger partial charge in [-0.2, -0.15) is 0 Å². The van der Waals surface area contributed by atoms with E-state index in [1.54, 1.807) is 12.1 Å². The molecule has 1 aliphatic heterocycles. The van der Waals surface area contributed by atoms with Gasteiger partial charge in [-0.3, -0.25) is 0 Å². The number of hydrogen-bond acceptors (Lipinski definition) is 1. The molecule has 0 saturated carbocycles. The van der Waals surface area contributed by atoms with Crippen molar-refractivity contribution in [3.05, 3.63) is 35.3 Å². The number of aryl methyl sites for hydroxylation is 1. The van der Waals surface area contributed by atoms with Crippen LogP contribution in [0.2, 0.25) is 0 Å². The highest BCUT2D eigenvalue weighted by Gasteiger charge is 2.31. The van der Waals surface area contributed by atoms with Gasteiger partial charge < -0.3 is 9.88 Å². The summed E-state index contributed by atoms with van der Waals surface area (Å²) in [5.41, 5.74) is 3.60. The average Bonchev–Trinajstić information content (AvgIpc) is 2.53. The molecule has 0 saturated heterocycles. The minimum Gasteiger partial charge on any atom is -0.346 e. The maximum absolute atomic E-state index is 13.3. The van der Waals surface area contributed by atoms with Crippen LogP contribution in [0.5, 0.6) is 0 Å². The molecule has 1 N–H and O–H groups in total. The molecule has 1 aromatic carbocycles. The topological polar surface area (TPSA) is 17.0 Å². The van der Waals surface area contributed by atoms with Crippen molar-refractivity contribution in [2.45, 2.75) is 25.8 Å². The summed E-state index contributed by atoms with van der Waals surface area (Å²) in [6.07, 6.45) is 1.02. The third kappa shape index (κ3) is 1.42. The van der Waals surface area contributed by atoms with Crippen LogP contribution in [0.3, 0.4) is 0 Å². The molecule has 2 heterocycles. The number of halogens is 1. The van der Waals surface area contributed by atoms with Gasteiger partial charge in [0.1, 0.15) is 5.82 Å². The van der Waals surface area contributed by atoms with Crippen LogP contribution in [-0.4, -0.2) is 11.1 Å². The van der Waals surface area contributed by atoms with Gasteiger partial charge in [-0.25, -0.2) is 4.39 Å². The van der Waals surface area contributed by atoms with Crippen LogP contribution in [0.25, 0.3) is 10.9 Å². The average molecular weight is 232 g/mol. The Morgan fingerprint density at radius 2 is 2.12 bits per heavy atom. The second-order valence-corrected chi connectivity index (χ2v) is 5.35. The third-order valence-electron chi connectivity index (χ3n) is 3.80. The lowest BCUT2D eigenvalue weighted by Gasteiger charge is -2.33. The van der Waals surface area contributed by atoms with E-state index < -0.39 is 0 Å². The lowest BCUT2D eigenvalue weighted by molar-refractivity contribution is 0.363. The van der Waals surface area contributed by atoms with E-state index in [2.05, 4.69) is 23.7 Å². The molecule has 17 heavy (non-hydrogen) atoms. The van der Waals surface area contributed by atoms with E-state index in [4.69, 9.17) is 0 Å². The zero-order chi connectivity index (χ0) is 12.2. The summed E-state index contributed by atoms with van der Waals surface area (Å²) in [6.45, 7) is 5.34. The molecule has 0 unspecified atom stereocenters. The Hall–Kier alpha value is -1.35. The number of aromatic nitrogens is 1. The first-order valence-electron chi connectivity index (χ1n) is 6.03. The summed E-state index contributed by atoms with van der Waals surface area (Å²) in [7, 11) is 2.02. The Kier molecular flexibility index (Phi) is 2.11. The maximum Gasteiger partial charge on any atom is 0.125 e. The highest BCUT2D eigenvalue weighted by molar-refractivity contribution is 5.86. The lowest BCUT2D eigenvalue weighted by atomic mass is 9.90. The van der Waals surface area contributed by atoms with Crippen LogP contribution in [-0.2, 0) is 19.0 Å². The fourth-order valence-electron chi connectivity index (χ4n) is 3.12. The summed E-state index contributed by atoms with van der Waals surface area (Å²) < 4.78 is 15.5. The van der Waals surface area contributed by atoms with E-state index >= 15 is 0 Å². The second-order valence-electron chi connectivity index (χ2n) is 5.35. The lowest BCUT2D eigenvalue weighted by Crippen LogP contribution is -2.43. The van der Waals surface area contributed by atoms with Crippen LogP contribution in [0.4, 0.5) is 4.39 Å². The van der Waals surface area contributed by atoms with Crippen molar-refractivity contribution in [1.82, 2.24) is 9.88 Å². The predicted molar refractivity (Wildman–Crippen MR) is 67.6 cm³/mol. The molecule has 90 valence electrons. The zero-order valence-corrected chi connectivity index (χ0v) is 10.5. The van der Waals surface area contributed by atoms with Gasteiger partial charge in [-0.15, -0.1) is 0 Å². The second kappa shape index (κ2) is 3.33. The number of fused-ring (bicyclic) bond motifs is 3. The molecule has 0 aliphatic carbocycles. The van der Waals surface area contributed by atoms with E-state index in [-0.39, 0.29) is 11.4 Å². The Morgan fingerprint density at radius 1 is 1.35 bits per heavy atom.